The Morgan fingerprint density at radius 3 is 2.68 bits per heavy atom. The Bertz CT molecular complexity index is 676. The first-order valence-corrected chi connectivity index (χ1v) is 9.05. The van der Waals surface area contributed by atoms with Crippen molar-refractivity contribution in [3.05, 3.63) is 59.6 Å². The smallest absolute Gasteiger partial charge is 0.228 e. The number of carbonyl (C=O) groups excluding carboxylic acids is 1. The zero-order valence-corrected chi connectivity index (χ0v) is 14.9. The highest BCUT2D eigenvalue weighted by atomic mass is 35.5. The molecule has 0 radical (unpaired) electrons. The molecule has 1 fully saturated rings. The van der Waals surface area contributed by atoms with Crippen LogP contribution in [0.4, 0.5) is 5.69 Å². The fourth-order valence-corrected chi connectivity index (χ4v) is 3.19. The lowest BCUT2D eigenvalue weighted by Crippen LogP contribution is -2.42. The van der Waals surface area contributed by atoms with Gasteiger partial charge in [0, 0.05) is 23.8 Å². The fraction of sp³-hybridized carbons (Fsp3) is 0.350. The first kappa shape index (κ1) is 17.8. The van der Waals surface area contributed by atoms with Crippen molar-refractivity contribution in [1.29, 1.82) is 0 Å². The zero-order valence-electron chi connectivity index (χ0n) is 14.2. The van der Waals surface area contributed by atoms with Crippen LogP contribution >= 0.6 is 11.6 Å². The Kier molecular flexibility index (Phi) is 6.31. The van der Waals surface area contributed by atoms with Gasteiger partial charge in [-0.1, -0.05) is 29.8 Å². The third-order valence-corrected chi connectivity index (χ3v) is 4.66. The molecule has 2 aromatic rings. The molecule has 1 aliphatic rings. The molecule has 0 saturated carbocycles. The van der Waals surface area contributed by atoms with E-state index < -0.39 is 0 Å². The second kappa shape index (κ2) is 8.88. The van der Waals surface area contributed by atoms with Crippen LogP contribution in [-0.2, 0) is 4.79 Å². The molecule has 1 aliphatic heterocycles. The topological polar surface area (TPSA) is 41.6 Å². The van der Waals surface area contributed by atoms with Crippen molar-refractivity contribution < 1.29 is 9.53 Å². The number of rotatable bonds is 6. The number of benzene rings is 2. The van der Waals surface area contributed by atoms with Crippen molar-refractivity contribution >= 4 is 23.2 Å². The molecule has 1 atom stereocenters. The largest absolute Gasteiger partial charge is 0.492 e. The molecule has 0 spiro atoms. The summed E-state index contributed by atoms with van der Waals surface area (Å²) in [5.41, 5.74) is 0.857. The van der Waals surface area contributed by atoms with Crippen LogP contribution in [0.25, 0.3) is 0 Å². The maximum absolute atomic E-state index is 12.5. The van der Waals surface area contributed by atoms with Crippen molar-refractivity contribution in [2.45, 2.75) is 12.8 Å². The van der Waals surface area contributed by atoms with Crippen LogP contribution in [0.1, 0.15) is 12.8 Å². The number of halogens is 1. The van der Waals surface area contributed by atoms with Gasteiger partial charge in [-0.25, -0.2) is 0 Å². The van der Waals surface area contributed by atoms with Gasteiger partial charge in [0.15, 0.2) is 0 Å². The summed E-state index contributed by atoms with van der Waals surface area (Å²) in [6, 6.07) is 17.0. The number of nitrogens with zero attached hydrogens (tertiary/aromatic N) is 1. The zero-order chi connectivity index (χ0) is 17.5. The summed E-state index contributed by atoms with van der Waals surface area (Å²) >= 11 is 5.87. The lowest BCUT2D eigenvalue weighted by molar-refractivity contribution is -0.121. The van der Waals surface area contributed by atoms with Gasteiger partial charge in [0.1, 0.15) is 12.4 Å². The number of piperidine rings is 1. The quantitative estimate of drug-likeness (QED) is 0.846. The number of para-hydroxylation sites is 1. The molecule has 0 bridgehead atoms. The SMILES string of the molecule is O=C(Nc1ccccc1)[C@H]1CCCN(CCOc2ccc(Cl)cc2)C1. The van der Waals surface area contributed by atoms with Gasteiger partial charge in [0.2, 0.25) is 5.91 Å². The van der Waals surface area contributed by atoms with Crippen molar-refractivity contribution in [2.75, 3.05) is 31.6 Å². The summed E-state index contributed by atoms with van der Waals surface area (Å²) in [6.45, 7) is 3.22. The molecule has 25 heavy (non-hydrogen) atoms. The lowest BCUT2D eigenvalue weighted by Gasteiger charge is -2.31. The minimum atomic E-state index is 0.0319. The van der Waals surface area contributed by atoms with Crippen LogP contribution < -0.4 is 10.1 Å². The molecule has 0 aromatic heterocycles. The van der Waals surface area contributed by atoms with Crippen LogP contribution in [-0.4, -0.2) is 37.0 Å². The first-order chi connectivity index (χ1) is 12.2. The molecule has 4 nitrogen and oxygen atoms in total. The van der Waals surface area contributed by atoms with Crippen molar-refractivity contribution in [1.82, 2.24) is 4.90 Å². The molecule has 1 amide bonds. The summed E-state index contributed by atoms with van der Waals surface area (Å²) in [6.07, 6.45) is 1.97. The van der Waals surface area contributed by atoms with E-state index in [4.69, 9.17) is 16.3 Å². The van der Waals surface area contributed by atoms with Crippen molar-refractivity contribution in [3.63, 3.8) is 0 Å². The Morgan fingerprint density at radius 2 is 1.92 bits per heavy atom. The summed E-state index contributed by atoms with van der Waals surface area (Å²) < 4.78 is 5.75. The van der Waals surface area contributed by atoms with E-state index in [1.165, 1.54) is 0 Å². The Hall–Kier alpha value is -2.04. The summed E-state index contributed by atoms with van der Waals surface area (Å²) in [5.74, 6) is 0.957. The van der Waals surface area contributed by atoms with Gasteiger partial charge in [-0.3, -0.25) is 9.69 Å². The standard InChI is InChI=1S/C20H23ClN2O2/c21-17-8-10-19(11-9-17)25-14-13-23-12-4-5-16(15-23)20(24)22-18-6-2-1-3-7-18/h1-3,6-11,16H,4-5,12-15H2,(H,22,24)/t16-/m0/s1. The molecule has 1 saturated heterocycles. The molecular formula is C20H23ClN2O2. The number of ether oxygens (including phenoxy) is 1. The minimum Gasteiger partial charge on any atom is -0.492 e. The maximum Gasteiger partial charge on any atom is 0.228 e. The number of hydrogen-bond acceptors (Lipinski definition) is 3. The van der Waals surface area contributed by atoms with Gasteiger partial charge in [0.05, 0.1) is 5.92 Å². The van der Waals surface area contributed by atoms with Gasteiger partial charge in [0.25, 0.3) is 0 Å². The van der Waals surface area contributed by atoms with Crippen LogP contribution in [0.3, 0.4) is 0 Å². The Morgan fingerprint density at radius 1 is 1.16 bits per heavy atom. The third kappa shape index (κ3) is 5.48. The van der Waals surface area contributed by atoms with E-state index in [-0.39, 0.29) is 11.8 Å². The average molecular weight is 359 g/mol. The average Bonchev–Trinajstić information content (AvgIpc) is 2.64. The normalized spacial score (nSPS) is 17.9. The highest BCUT2D eigenvalue weighted by molar-refractivity contribution is 6.30. The summed E-state index contributed by atoms with van der Waals surface area (Å²) in [4.78, 5) is 14.8. The molecule has 1 N–H and O–H groups in total. The molecule has 0 aliphatic carbocycles. The van der Waals surface area contributed by atoms with Gasteiger partial charge >= 0.3 is 0 Å². The number of anilines is 1. The molecule has 1 heterocycles. The van der Waals surface area contributed by atoms with Gasteiger partial charge < -0.3 is 10.1 Å². The van der Waals surface area contributed by atoms with Crippen molar-refractivity contribution in [2.24, 2.45) is 5.92 Å². The van der Waals surface area contributed by atoms with Gasteiger partial charge in [-0.15, -0.1) is 0 Å². The molecule has 3 rings (SSSR count). The molecule has 0 unspecified atom stereocenters. The highest BCUT2D eigenvalue weighted by Crippen LogP contribution is 2.19. The molecule has 5 heteroatoms. The second-order valence-electron chi connectivity index (χ2n) is 6.30. The monoisotopic (exact) mass is 358 g/mol. The van der Waals surface area contributed by atoms with E-state index in [1.54, 1.807) is 0 Å². The van der Waals surface area contributed by atoms with E-state index in [1.807, 2.05) is 54.6 Å². The van der Waals surface area contributed by atoms with Gasteiger partial charge in [-0.05, 0) is 55.8 Å². The summed E-state index contributed by atoms with van der Waals surface area (Å²) in [5, 5.41) is 3.71. The molecule has 2 aromatic carbocycles. The minimum absolute atomic E-state index is 0.0319. The van der Waals surface area contributed by atoms with Crippen molar-refractivity contribution in [3.8, 4) is 5.75 Å². The number of nitrogens with one attached hydrogen (secondary N) is 1. The van der Waals surface area contributed by atoms with Crippen LogP contribution in [0.5, 0.6) is 5.75 Å². The van der Waals surface area contributed by atoms with E-state index in [0.717, 1.165) is 43.9 Å². The van der Waals surface area contributed by atoms with E-state index >= 15 is 0 Å². The predicted octanol–water partition coefficient (Wildman–Crippen LogP) is 4.07. The molecule has 132 valence electrons. The number of hydrogen-bond donors (Lipinski definition) is 1. The van der Waals surface area contributed by atoms with Crippen LogP contribution in [0.2, 0.25) is 5.02 Å². The molecular weight excluding hydrogens is 336 g/mol. The lowest BCUT2D eigenvalue weighted by atomic mass is 9.97. The van der Waals surface area contributed by atoms with Crippen LogP contribution in [0.15, 0.2) is 54.6 Å². The predicted molar refractivity (Wildman–Crippen MR) is 101 cm³/mol. The number of amides is 1. The second-order valence-corrected chi connectivity index (χ2v) is 6.73. The maximum atomic E-state index is 12.5. The van der Waals surface area contributed by atoms with Crippen LogP contribution in [0, 0.1) is 5.92 Å². The van der Waals surface area contributed by atoms with E-state index in [0.29, 0.717) is 11.6 Å². The number of carbonyl (C=O) groups is 1. The Labute approximate surface area is 153 Å². The third-order valence-electron chi connectivity index (χ3n) is 4.41. The number of likely N-dealkylation sites (tertiary alicyclic amines) is 1. The summed E-state index contributed by atoms with van der Waals surface area (Å²) in [7, 11) is 0. The first-order valence-electron chi connectivity index (χ1n) is 8.67. The van der Waals surface area contributed by atoms with Gasteiger partial charge in [-0.2, -0.15) is 0 Å². The fourth-order valence-electron chi connectivity index (χ4n) is 3.06. The highest BCUT2D eigenvalue weighted by Gasteiger charge is 2.25. The van der Waals surface area contributed by atoms with E-state index in [2.05, 4.69) is 10.2 Å². The Balaban J connectivity index is 1.44. The van der Waals surface area contributed by atoms with E-state index in [9.17, 15) is 4.79 Å².